The lowest BCUT2D eigenvalue weighted by Gasteiger charge is -2.28. The fourth-order valence-corrected chi connectivity index (χ4v) is 20.5. The predicted molar refractivity (Wildman–Crippen MR) is 444 cm³/mol. The van der Waals surface area contributed by atoms with Gasteiger partial charge in [0, 0.05) is 105 Å². The molecule has 2 N–H and O–H groups in total. The third-order valence-electron chi connectivity index (χ3n) is 27.0. The molecule has 6 aliphatic carbocycles. The summed E-state index contributed by atoms with van der Waals surface area (Å²) in [7, 11) is 0. The first kappa shape index (κ1) is 85.2. The van der Waals surface area contributed by atoms with Gasteiger partial charge in [-0.25, -0.2) is 4.98 Å². The molecular weight excluding hydrogens is 1550 g/mol. The van der Waals surface area contributed by atoms with Gasteiger partial charge in [-0.05, 0) is 182 Å². The van der Waals surface area contributed by atoms with E-state index in [9.17, 15) is 48.6 Å². The number of carbonyl (C=O) groups is 8. The summed E-state index contributed by atoms with van der Waals surface area (Å²) in [6, 6.07) is 9.38. The zero-order chi connectivity index (χ0) is 82.5. The number of morpholine rings is 2. The largest absolute Gasteiger partial charge is 0.491 e. The molecule has 26 heteroatoms. The van der Waals surface area contributed by atoms with E-state index in [0.717, 1.165) is 128 Å². The van der Waals surface area contributed by atoms with E-state index in [2.05, 4.69) is 23.6 Å². The Kier molecular flexibility index (Phi) is 27.2. The van der Waals surface area contributed by atoms with Gasteiger partial charge in [-0.3, -0.25) is 53.1 Å². The summed E-state index contributed by atoms with van der Waals surface area (Å²) in [5.41, 5.74) is 1.14. The topological polar surface area (TPSA) is 290 Å². The summed E-state index contributed by atoms with van der Waals surface area (Å²) in [6.07, 6.45) is 23.6. The Hall–Kier alpha value is -7.74. The van der Waals surface area contributed by atoms with E-state index in [-0.39, 0.29) is 111 Å². The highest BCUT2D eigenvalue weighted by molar-refractivity contribution is 6.37. The van der Waals surface area contributed by atoms with Crippen LogP contribution < -0.4 is 18.9 Å². The van der Waals surface area contributed by atoms with E-state index >= 15 is 0 Å². The Morgan fingerprint density at radius 1 is 0.559 bits per heavy atom. The normalized spacial score (nSPS) is 31.7. The molecule has 16 rings (SSSR count). The second-order valence-electron chi connectivity index (χ2n) is 36.5. The molecule has 12 aliphatic rings. The number of ketones is 2. The Morgan fingerprint density at radius 2 is 1.00 bits per heavy atom. The third-order valence-corrected chi connectivity index (χ3v) is 27.7. The number of halogens is 2. The summed E-state index contributed by atoms with van der Waals surface area (Å²) in [5.74, 6) is -0.601. The first-order valence-corrected chi connectivity index (χ1v) is 44.6. The number of carbonyl (C=O) groups excluding carboxylic acids is 6. The minimum Gasteiger partial charge on any atom is -0.491 e. The van der Waals surface area contributed by atoms with Crippen molar-refractivity contribution < 1.29 is 86.5 Å². The van der Waals surface area contributed by atoms with Crippen LogP contribution in [0.3, 0.4) is 0 Å². The maximum Gasteiger partial charge on any atom is 0.310 e. The van der Waals surface area contributed by atoms with Gasteiger partial charge in [0.15, 0.2) is 11.6 Å². The molecule has 638 valence electrons. The number of rotatable bonds is 23. The van der Waals surface area contributed by atoms with Crippen LogP contribution in [-0.2, 0) is 63.7 Å². The maximum absolute atomic E-state index is 14.7. The van der Waals surface area contributed by atoms with Gasteiger partial charge in [-0.15, -0.1) is 0 Å². The Bertz CT molecular complexity index is 4460. The van der Waals surface area contributed by atoms with Crippen LogP contribution in [-0.4, -0.2) is 216 Å². The van der Waals surface area contributed by atoms with Crippen molar-refractivity contribution in [1.82, 2.24) is 29.6 Å². The van der Waals surface area contributed by atoms with Crippen LogP contribution in [0.5, 0.6) is 23.0 Å². The van der Waals surface area contributed by atoms with Crippen LogP contribution in [0.1, 0.15) is 193 Å². The molecule has 24 nitrogen and oxygen atoms in total. The van der Waals surface area contributed by atoms with Crippen molar-refractivity contribution >= 4 is 98.3 Å². The van der Waals surface area contributed by atoms with Crippen molar-refractivity contribution in [3.8, 4) is 23.0 Å². The molecule has 6 aliphatic heterocycles. The van der Waals surface area contributed by atoms with Gasteiger partial charge in [-0.1, -0.05) is 92.6 Å². The first-order valence-electron chi connectivity index (χ1n) is 43.9. The summed E-state index contributed by atoms with van der Waals surface area (Å²) in [5, 5.41) is 22.9. The summed E-state index contributed by atoms with van der Waals surface area (Å²) >= 11 is 14.1. The van der Waals surface area contributed by atoms with E-state index in [1.807, 2.05) is 80.6 Å². The highest BCUT2D eigenvalue weighted by Gasteiger charge is 2.63. The molecular formula is C92H118Cl2N6O18. The monoisotopic (exact) mass is 1660 g/mol. The molecule has 0 radical (unpaired) electrons. The first-order chi connectivity index (χ1) is 56.9. The number of aliphatic carboxylic acids is 2. The lowest BCUT2D eigenvalue weighted by Crippen LogP contribution is -2.45. The second-order valence-corrected chi connectivity index (χ2v) is 37.3. The van der Waals surface area contributed by atoms with Crippen LogP contribution in [0, 0.1) is 64.1 Å². The van der Waals surface area contributed by atoms with Gasteiger partial charge in [0.05, 0.1) is 92.0 Å². The van der Waals surface area contributed by atoms with Crippen molar-refractivity contribution in [3.63, 3.8) is 0 Å². The number of carboxylic acid groups (broad SMARTS) is 2. The number of Topliss-reactive ketones (excluding diaryl/α,β-unsaturated/α-hetero) is 2. The minimum atomic E-state index is -1.19. The molecule has 2 aromatic carbocycles. The molecule has 0 spiro atoms. The van der Waals surface area contributed by atoms with E-state index in [0.29, 0.717) is 162 Å². The minimum absolute atomic E-state index is 0.0441. The van der Waals surface area contributed by atoms with Crippen molar-refractivity contribution in [3.05, 3.63) is 87.7 Å². The molecule has 8 heterocycles. The average Bonchev–Trinajstić information content (AvgIpc) is 1.66. The van der Waals surface area contributed by atoms with Crippen LogP contribution >= 0.6 is 23.2 Å². The Labute approximate surface area is 702 Å². The number of ether oxygens (including phenoxy) is 8. The van der Waals surface area contributed by atoms with E-state index < -0.39 is 58.9 Å². The molecule has 4 saturated heterocycles. The summed E-state index contributed by atoms with van der Waals surface area (Å²) < 4.78 is 48.7. The highest BCUT2D eigenvalue weighted by Crippen LogP contribution is 2.59. The number of benzene rings is 2. The number of carboxylic acids is 2. The number of esters is 2. The molecule has 16 atom stereocenters. The van der Waals surface area contributed by atoms with Gasteiger partial charge in [0.25, 0.3) is 0 Å². The van der Waals surface area contributed by atoms with Crippen LogP contribution in [0.15, 0.2) is 66.3 Å². The Morgan fingerprint density at radius 3 is 1.43 bits per heavy atom. The average molecular weight is 1670 g/mol. The lowest BCUT2D eigenvalue weighted by atomic mass is 9.91. The van der Waals surface area contributed by atoms with Gasteiger partial charge < -0.3 is 57.9 Å². The second kappa shape index (κ2) is 37.7. The zero-order valence-corrected chi connectivity index (χ0v) is 70.5. The smallest absolute Gasteiger partial charge is 0.310 e. The fourth-order valence-electron chi connectivity index (χ4n) is 20.0. The SMILES string of the molecule is CC(C)=Cc1cc(O[C@@H]2C[C@H]3C(=O)C[C@]4(C(=O)O)C[C@H]4/C=C\CCCCC[C@H](CC(=O)OC4C[C@@H]5C[C@@H]5C4)C(=O)N3C2)c2ccc(OCCN3CCOCC3)c(Cl)c2n1.CC(C)Cc1cc(O[C@@H]2C[C@H]3C(=O)C[C@]4(C(=O)O)C[C@H]4/C=C\CCCCC[C@H](CC(=O)OC4C[C@@H]5C[C@@H]5C4)C(=O)N3C2)c2ccc(OCCN3CCOCC3)c(Cl)c2n1. The van der Waals surface area contributed by atoms with Gasteiger partial charge in [0.1, 0.15) is 70.7 Å². The predicted octanol–water partition coefficient (Wildman–Crippen LogP) is 14.4. The summed E-state index contributed by atoms with van der Waals surface area (Å²) in [6.45, 7) is 17.1. The molecule has 4 aromatic rings. The quantitative estimate of drug-likeness (QED) is 0.0515. The number of amides is 2. The fraction of sp³-hybridized carbons (Fsp3) is 0.652. The number of pyridine rings is 2. The Balaban J connectivity index is 0.000000185. The number of allylic oxidation sites excluding steroid dienone is 5. The summed E-state index contributed by atoms with van der Waals surface area (Å²) in [4.78, 5) is 128. The van der Waals surface area contributed by atoms with Crippen molar-refractivity contribution in [2.75, 3.05) is 92.0 Å². The number of hydrogen-bond donors (Lipinski definition) is 2. The molecule has 2 aromatic heterocycles. The number of hydrogen-bond acceptors (Lipinski definition) is 20. The van der Waals surface area contributed by atoms with Crippen molar-refractivity contribution in [2.24, 2.45) is 64.1 Å². The van der Waals surface area contributed by atoms with E-state index in [4.69, 9.17) is 71.1 Å². The number of aromatic nitrogens is 2. The van der Waals surface area contributed by atoms with Crippen LogP contribution in [0.25, 0.3) is 27.9 Å². The number of nitrogens with zero attached hydrogens (tertiary/aromatic N) is 6. The van der Waals surface area contributed by atoms with Crippen LogP contribution in [0.2, 0.25) is 10.0 Å². The van der Waals surface area contributed by atoms with Crippen molar-refractivity contribution in [2.45, 2.75) is 225 Å². The molecule has 6 saturated carbocycles. The van der Waals surface area contributed by atoms with Gasteiger partial charge >= 0.3 is 23.9 Å². The molecule has 2 unspecified atom stereocenters. The standard InChI is InChI=1S/C46H60ClN3O9.C46H58ClN3O9/c2*1-28(2)18-33-23-40(36-10-11-39(42(47)43(36)48-33)57-17-14-49-12-15-56-16-13-49)58-35-24-37-38(51)26-46(45(54)55)25-32(46)9-7-5-3-4-6-8-29(44(53)50(37)27-35)22-41(52)59-34-20-30-19-31(30)21-34/h7,9-11,23,28-32,34-35,37H,3-6,8,12-22,24-27H2,1-2H3,(H,54,55);7,9-11,18,23,29-32,34-35,37H,3-6,8,12-17,19-22,24-27H2,1-2H3,(H,54,55)/b2*9-7-/t2*29-,30-,31+,32-,34?,35-,37+,46-/m11/s1. The van der Waals surface area contributed by atoms with Gasteiger partial charge in [-0.2, -0.15) is 0 Å². The van der Waals surface area contributed by atoms with Gasteiger partial charge in [0.2, 0.25) is 11.8 Å². The van der Waals surface area contributed by atoms with Crippen LogP contribution in [0.4, 0.5) is 0 Å². The molecule has 10 fully saturated rings. The molecule has 2 amide bonds. The van der Waals surface area contributed by atoms with E-state index in [1.54, 1.807) is 9.80 Å². The van der Waals surface area contributed by atoms with E-state index in [1.165, 1.54) is 12.8 Å². The highest BCUT2D eigenvalue weighted by atomic mass is 35.5. The molecule has 118 heavy (non-hydrogen) atoms. The zero-order valence-electron chi connectivity index (χ0n) is 69.0. The maximum atomic E-state index is 14.7. The lowest BCUT2D eigenvalue weighted by molar-refractivity contribution is -0.154. The third kappa shape index (κ3) is 20.5. The molecule has 0 bridgehead atoms. The van der Waals surface area contributed by atoms with Crippen molar-refractivity contribution in [1.29, 1.82) is 0 Å². The number of fused-ring (bicyclic) bond motifs is 8.